The van der Waals surface area contributed by atoms with Gasteiger partial charge in [0.1, 0.15) is 17.2 Å². The monoisotopic (exact) mass is 566 g/mol. The smallest absolute Gasteiger partial charge is 0.410 e. The van der Waals surface area contributed by atoms with Gasteiger partial charge in [-0.1, -0.05) is 18.2 Å². The average Bonchev–Trinajstić information content (AvgIpc) is 3.27. The van der Waals surface area contributed by atoms with E-state index in [1.807, 2.05) is 69.3 Å². The molecule has 3 N–H and O–H groups in total. The van der Waals surface area contributed by atoms with Crippen LogP contribution in [0.4, 0.5) is 4.79 Å². The van der Waals surface area contributed by atoms with Crippen molar-refractivity contribution < 1.29 is 28.8 Å². The number of aromatic nitrogens is 2. The number of carbonyl (C=O) groups is 1. The second-order valence-corrected chi connectivity index (χ2v) is 11.3. The number of para-hydroxylation sites is 1. The Bertz CT molecular complexity index is 1300. The van der Waals surface area contributed by atoms with E-state index in [1.54, 1.807) is 23.8 Å². The van der Waals surface area contributed by atoms with E-state index in [0.717, 1.165) is 24.1 Å². The summed E-state index contributed by atoms with van der Waals surface area (Å²) in [6.07, 6.45) is 1.72. The molecule has 10 heteroatoms. The van der Waals surface area contributed by atoms with Crippen molar-refractivity contribution in [2.75, 3.05) is 39.8 Å². The van der Waals surface area contributed by atoms with Gasteiger partial charge in [-0.2, -0.15) is 0 Å². The van der Waals surface area contributed by atoms with Gasteiger partial charge < -0.3 is 34.8 Å². The maximum absolute atomic E-state index is 12.6. The molecule has 222 valence electrons. The number of nitrogens with zero attached hydrogens (tertiary/aromatic N) is 3. The summed E-state index contributed by atoms with van der Waals surface area (Å²) in [6, 6.07) is 15.2. The Kier molecular flexibility index (Phi) is 9.77. The zero-order chi connectivity index (χ0) is 29.6. The normalized spacial score (nSPS) is 15.0. The highest BCUT2D eigenvalue weighted by molar-refractivity contribution is 5.68. The summed E-state index contributed by atoms with van der Waals surface area (Å²) in [5, 5.41) is 9.99. The first-order valence-electron chi connectivity index (χ1n) is 14.0. The van der Waals surface area contributed by atoms with Gasteiger partial charge in [0.2, 0.25) is 0 Å². The van der Waals surface area contributed by atoms with E-state index in [-0.39, 0.29) is 31.1 Å². The Morgan fingerprint density at radius 2 is 1.80 bits per heavy atom. The highest BCUT2D eigenvalue weighted by Crippen LogP contribution is 2.39. The summed E-state index contributed by atoms with van der Waals surface area (Å²) in [5.74, 6) is 9.28. The fraction of sp³-hybridized carbons (Fsp3) is 0.484. The van der Waals surface area contributed by atoms with E-state index < -0.39 is 5.60 Å². The second kappa shape index (κ2) is 13.3. The number of hydrogen-bond acceptors (Lipinski definition) is 8. The van der Waals surface area contributed by atoms with E-state index in [1.165, 1.54) is 0 Å². The van der Waals surface area contributed by atoms with Gasteiger partial charge in [-0.05, 0) is 76.3 Å². The number of piperidine rings is 1. The first kappa shape index (κ1) is 30.2. The van der Waals surface area contributed by atoms with Crippen LogP contribution in [0.1, 0.15) is 57.5 Å². The molecule has 1 unspecified atom stereocenters. The molecule has 1 amide bonds. The van der Waals surface area contributed by atoms with Gasteiger partial charge in [0.25, 0.3) is 0 Å². The number of imidazole rings is 1. The largest absolute Gasteiger partial charge is 0.493 e. The molecule has 2 aromatic carbocycles. The lowest BCUT2D eigenvalue weighted by molar-refractivity contribution is 0.0168. The van der Waals surface area contributed by atoms with E-state index in [9.17, 15) is 9.90 Å². The molecule has 0 spiro atoms. The number of rotatable bonds is 10. The third kappa shape index (κ3) is 7.31. The third-order valence-electron chi connectivity index (χ3n) is 7.26. The molecule has 1 saturated heterocycles. The Morgan fingerprint density at radius 1 is 1.10 bits per heavy atom. The lowest BCUT2D eigenvalue weighted by atomic mass is 9.82. The summed E-state index contributed by atoms with van der Waals surface area (Å²) in [7, 11) is 3.21. The topological polar surface area (TPSA) is 121 Å². The molecule has 1 aliphatic rings. The molecule has 10 nitrogen and oxygen atoms in total. The molecule has 41 heavy (non-hydrogen) atoms. The van der Waals surface area contributed by atoms with Crippen molar-refractivity contribution >= 4 is 6.09 Å². The molecular weight excluding hydrogens is 524 g/mol. The highest BCUT2D eigenvalue weighted by Gasteiger charge is 2.34. The van der Waals surface area contributed by atoms with Crippen molar-refractivity contribution in [3.05, 3.63) is 60.0 Å². The number of methoxy groups -OCH3 is 2. The molecule has 1 fully saturated rings. The Morgan fingerprint density at radius 3 is 2.41 bits per heavy atom. The minimum absolute atomic E-state index is 0.00189. The van der Waals surface area contributed by atoms with Gasteiger partial charge in [-0.25, -0.2) is 14.5 Å². The molecule has 3 aromatic rings. The minimum Gasteiger partial charge on any atom is -0.493 e. The molecule has 1 aromatic heterocycles. The average molecular weight is 567 g/mol. The van der Waals surface area contributed by atoms with Crippen molar-refractivity contribution in [2.45, 2.75) is 58.2 Å². The zero-order valence-electron chi connectivity index (χ0n) is 24.6. The molecular formula is C31H42N4O6. The molecule has 4 rings (SSSR count). The number of ether oxygens (including phenoxy) is 4. The number of aliphatic hydroxyl groups is 1. The highest BCUT2D eigenvalue weighted by atomic mass is 16.6. The lowest BCUT2D eigenvalue weighted by Crippen LogP contribution is -2.43. The van der Waals surface area contributed by atoms with Gasteiger partial charge in [-0.15, -0.1) is 0 Å². The number of aliphatic hydroxyl groups excluding tert-OH is 1. The minimum atomic E-state index is -0.541. The predicted octanol–water partition coefficient (Wildman–Crippen LogP) is 5.32. The van der Waals surface area contributed by atoms with Crippen LogP contribution in [0.25, 0.3) is 11.3 Å². The molecule has 0 bridgehead atoms. The summed E-state index contributed by atoms with van der Waals surface area (Å²) >= 11 is 0. The van der Waals surface area contributed by atoms with Gasteiger partial charge >= 0.3 is 6.09 Å². The van der Waals surface area contributed by atoms with E-state index in [2.05, 4.69) is 0 Å². The van der Waals surface area contributed by atoms with Crippen LogP contribution in [-0.4, -0.2) is 65.3 Å². The second-order valence-electron chi connectivity index (χ2n) is 11.3. The predicted molar refractivity (Wildman–Crippen MR) is 157 cm³/mol. The summed E-state index contributed by atoms with van der Waals surface area (Å²) in [6.45, 7) is 7.00. The Hall–Kier alpha value is -3.76. The fourth-order valence-corrected chi connectivity index (χ4v) is 5.29. The molecule has 0 aliphatic carbocycles. The SMILES string of the molecule is COCc1c(-c2ccc(Oc3ccccc3)c(OC)c2)nc(C(CCO)C2CCN(C(=O)OC(C)(C)C)CC2)n1N. The number of carbonyl (C=O) groups excluding carboxylic acids is 1. The van der Waals surface area contributed by atoms with Crippen LogP contribution in [0.3, 0.4) is 0 Å². The fourth-order valence-electron chi connectivity index (χ4n) is 5.29. The van der Waals surface area contributed by atoms with Crippen LogP contribution < -0.4 is 15.3 Å². The Balaban J connectivity index is 1.61. The van der Waals surface area contributed by atoms with Crippen molar-refractivity contribution in [3.63, 3.8) is 0 Å². The van der Waals surface area contributed by atoms with Crippen LogP contribution >= 0.6 is 0 Å². The maximum Gasteiger partial charge on any atom is 0.410 e. The van der Waals surface area contributed by atoms with Crippen LogP contribution in [0.15, 0.2) is 48.5 Å². The summed E-state index contributed by atoms with van der Waals surface area (Å²) in [4.78, 5) is 19.4. The Labute approximate surface area is 241 Å². The molecule has 1 aliphatic heterocycles. The molecule has 0 saturated carbocycles. The van der Waals surface area contributed by atoms with Crippen molar-refractivity contribution in [1.29, 1.82) is 0 Å². The summed E-state index contributed by atoms with van der Waals surface area (Å²) < 4.78 is 24.4. The first-order valence-corrected chi connectivity index (χ1v) is 14.0. The molecule has 1 atom stereocenters. The number of likely N-dealkylation sites (tertiary alicyclic amines) is 1. The number of nitrogen functional groups attached to an aromatic ring is 1. The van der Waals surface area contributed by atoms with Crippen LogP contribution in [-0.2, 0) is 16.1 Å². The van der Waals surface area contributed by atoms with E-state index in [4.69, 9.17) is 29.8 Å². The standard InChI is InChI=1S/C31H42N4O6/c1-31(2,3)41-30(37)34-16-13-21(14-17-34)24(15-18-36)29-33-28(25(20-38-4)35(29)32)22-11-12-26(27(19-22)39-5)40-23-9-7-6-8-10-23/h6-12,19,21,24,36H,13-18,20,32H2,1-5H3. The summed E-state index contributed by atoms with van der Waals surface area (Å²) in [5.41, 5.74) is 1.67. The maximum atomic E-state index is 12.6. The van der Waals surface area contributed by atoms with Gasteiger partial charge in [0, 0.05) is 38.3 Å². The van der Waals surface area contributed by atoms with Crippen molar-refractivity contribution in [3.8, 4) is 28.5 Å². The van der Waals surface area contributed by atoms with E-state index in [0.29, 0.717) is 48.3 Å². The van der Waals surface area contributed by atoms with Crippen LogP contribution in [0.2, 0.25) is 0 Å². The molecule has 2 heterocycles. The lowest BCUT2D eigenvalue weighted by Gasteiger charge is -2.36. The number of hydrogen-bond donors (Lipinski definition) is 2. The van der Waals surface area contributed by atoms with Crippen LogP contribution in [0.5, 0.6) is 17.2 Å². The number of nitrogens with two attached hydrogens (primary N) is 1. The third-order valence-corrected chi connectivity index (χ3v) is 7.26. The zero-order valence-corrected chi connectivity index (χ0v) is 24.6. The quantitative estimate of drug-likeness (QED) is 0.316. The van der Waals surface area contributed by atoms with Gasteiger partial charge in [0.15, 0.2) is 11.5 Å². The van der Waals surface area contributed by atoms with Crippen molar-refractivity contribution in [2.24, 2.45) is 5.92 Å². The van der Waals surface area contributed by atoms with Crippen molar-refractivity contribution in [1.82, 2.24) is 14.6 Å². The van der Waals surface area contributed by atoms with Gasteiger partial charge in [-0.3, -0.25) is 0 Å². The first-order chi connectivity index (χ1) is 19.6. The number of amides is 1. The van der Waals surface area contributed by atoms with E-state index >= 15 is 0 Å². The number of benzene rings is 2. The van der Waals surface area contributed by atoms with Crippen LogP contribution in [0, 0.1) is 5.92 Å². The molecule has 0 radical (unpaired) electrons. The van der Waals surface area contributed by atoms with Gasteiger partial charge in [0.05, 0.1) is 25.1 Å².